The van der Waals surface area contributed by atoms with Crippen LogP contribution in [0.5, 0.6) is 5.75 Å². The summed E-state index contributed by atoms with van der Waals surface area (Å²) < 4.78 is 7.29. The monoisotopic (exact) mass is 476 g/mol. The predicted molar refractivity (Wildman–Crippen MR) is 105 cm³/mol. The number of primary amides is 1. The summed E-state index contributed by atoms with van der Waals surface area (Å²) in [5, 5.41) is 3.20. The Kier molecular flexibility index (Phi) is 8.76. The number of carbonyl (C=O) groups excluding carboxylic acids is 1. The Labute approximate surface area is 164 Å². The van der Waals surface area contributed by atoms with Crippen LogP contribution >= 0.6 is 44.3 Å². The number of rotatable bonds is 7. The van der Waals surface area contributed by atoms with E-state index in [4.69, 9.17) is 10.5 Å². The van der Waals surface area contributed by atoms with Crippen LogP contribution in [-0.4, -0.2) is 12.5 Å². The third-order valence-corrected chi connectivity index (χ3v) is 4.45. The largest absolute Gasteiger partial charge is 0.492 e. The number of nitrogens with one attached hydrogen (secondary N) is 1. The lowest BCUT2D eigenvalue weighted by Gasteiger charge is -2.17. The predicted octanol–water partition coefficient (Wildman–Crippen LogP) is 4.35. The number of ether oxygens (including phenoxy) is 1. The highest BCUT2D eigenvalue weighted by Crippen LogP contribution is 2.34. The van der Waals surface area contributed by atoms with E-state index in [1.807, 2.05) is 49.4 Å². The second kappa shape index (κ2) is 10.0. The maximum Gasteiger partial charge on any atom is 0.239 e. The first-order valence-electron chi connectivity index (χ1n) is 7.21. The van der Waals surface area contributed by atoms with Crippen LogP contribution in [0.4, 0.5) is 0 Å². The van der Waals surface area contributed by atoms with E-state index in [0.717, 1.165) is 25.8 Å². The van der Waals surface area contributed by atoms with Gasteiger partial charge in [0.1, 0.15) is 11.8 Å². The van der Waals surface area contributed by atoms with Gasteiger partial charge in [0, 0.05) is 6.54 Å². The van der Waals surface area contributed by atoms with E-state index in [9.17, 15) is 4.79 Å². The van der Waals surface area contributed by atoms with Crippen molar-refractivity contribution in [1.82, 2.24) is 5.32 Å². The Morgan fingerprint density at radius 3 is 2.29 bits per heavy atom. The summed E-state index contributed by atoms with van der Waals surface area (Å²) in [5.74, 6) is 0.367. The molecule has 0 fully saturated rings. The molecule has 2 aromatic carbocycles. The van der Waals surface area contributed by atoms with Gasteiger partial charge in [0.25, 0.3) is 0 Å². The molecule has 0 saturated carbocycles. The van der Waals surface area contributed by atoms with Crippen molar-refractivity contribution in [3.63, 3.8) is 0 Å². The summed E-state index contributed by atoms with van der Waals surface area (Å²) in [6.07, 6.45) is 0. The zero-order valence-corrected chi connectivity index (χ0v) is 17.1. The van der Waals surface area contributed by atoms with Gasteiger partial charge in [-0.3, -0.25) is 10.1 Å². The Hall–Kier alpha value is -1.08. The topological polar surface area (TPSA) is 64.3 Å². The molecule has 0 saturated heterocycles. The lowest BCUT2D eigenvalue weighted by molar-refractivity contribution is -0.120. The third kappa shape index (κ3) is 5.48. The van der Waals surface area contributed by atoms with Crippen molar-refractivity contribution in [2.45, 2.75) is 19.5 Å². The van der Waals surface area contributed by atoms with Gasteiger partial charge in [0.05, 0.1) is 15.6 Å². The van der Waals surface area contributed by atoms with Gasteiger partial charge < -0.3 is 10.5 Å². The maximum absolute atomic E-state index is 11.7. The summed E-state index contributed by atoms with van der Waals surface area (Å²) >= 11 is 7.01. The van der Waals surface area contributed by atoms with Gasteiger partial charge in [-0.25, -0.2) is 0 Å². The fourth-order valence-corrected chi connectivity index (χ4v) is 3.75. The average molecular weight is 479 g/mol. The van der Waals surface area contributed by atoms with Gasteiger partial charge in [-0.05, 0) is 62.0 Å². The molecule has 0 heterocycles. The molecule has 0 aromatic heterocycles. The van der Waals surface area contributed by atoms with Crippen LogP contribution in [0.3, 0.4) is 0 Å². The normalized spacial score (nSPS) is 11.5. The number of hydrogen-bond acceptors (Lipinski definition) is 3. The number of nitrogens with two attached hydrogens (primary N) is 1. The fraction of sp³-hybridized carbons (Fsp3) is 0.235. The minimum absolute atomic E-state index is 0. The molecule has 0 radical (unpaired) electrons. The van der Waals surface area contributed by atoms with Crippen LogP contribution in [0, 0.1) is 0 Å². The molecule has 1 unspecified atom stereocenters. The highest BCUT2D eigenvalue weighted by molar-refractivity contribution is 9.11. The molecular formula is C17H19Br2ClN2O2. The number of halogens is 3. The van der Waals surface area contributed by atoms with E-state index in [1.165, 1.54) is 0 Å². The van der Waals surface area contributed by atoms with E-state index in [2.05, 4.69) is 37.2 Å². The van der Waals surface area contributed by atoms with Crippen molar-refractivity contribution in [2.75, 3.05) is 6.61 Å². The molecular weight excluding hydrogens is 459 g/mol. The van der Waals surface area contributed by atoms with Gasteiger partial charge in [-0.15, -0.1) is 12.4 Å². The summed E-state index contributed by atoms with van der Waals surface area (Å²) in [7, 11) is 0. The Morgan fingerprint density at radius 2 is 1.79 bits per heavy atom. The van der Waals surface area contributed by atoms with Crippen LogP contribution in [0.1, 0.15) is 24.1 Å². The minimum atomic E-state index is -0.527. The second-order valence-electron chi connectivity index (χ2n) is 4.95. The summed E-state index contributed by atoms with van der Waals surface area (Å²) in [6, 6.07) is 12.8. The van der Waals surface area contributed by atoms with E-state index in [-0.39, 0.29) is 12.4 Å². The van der Waals surface area contributed by atoms with Crippen molar-refractivity contribution in [3.8, 4) is 5.75 Å². The molecule has 0 bridgehead atoms. The van der Waals surface area contributed by atoms with Crippen LogP contribution in [-0.2, 0) is 11.3 Å². The van der Waals surface area contributed by atoms with Gasteiger partial charge in [0.15, 0.2) is 0 Å². The summed E-state index contributed by atoms with van der Waals surface area (Å²) in [4.78, 5) is 11.7. The molecule has 0 spiro atoms. The maximum atomic E-state index is 11.7. The summed E-state index contributed by atoms with van der Waals surface area (Å²) in [5.41, 5.74) is 7.38. The molecule has 2 aromatic rings. The smallest absolute Gasteiger partial charge is 0.239 e. The number of benzene rings is 2. The molecule has 0 aliphatic rings. The van der Waals surface area contributed by atoms with Crippen molar-refractivity contribution >= 4 is 50.2 Å². The molecule has 7 heteroatoms. The lowest BCUT2D eigenvalue weighted by atomic mass is 10.1. The quantitative estimate of drug-likeness (QED) is 0.622. The van der Waals surface area contributed by atoms with Gasteiger partial charge in [-0.2, -0.15) is 0 Å². The van der Waals surface area contributed by atoms with Crippen molar-refractivity contribution in [2.24, 2.45) is 5.73 Å². The third-order valence-electron chi connectivity index (χ3n) is 3.27. The first kappa shape index (κ1) is 21.0. The summed E-state index contributed by atoms with van der Waals surface area (Å²) in [6.45, 7) is 3.03. The lowest BCUT2D eigenvalue weighted by Crippen LogP contribution is -2.33. The zero-order valence-electron chi connectivity index (χ0n) is 13.1. The second-order valence-corrected chi connectivity index (χ2v) is 6.66. The molecule has 0 aliphatic heterocycles. The van der Waals surface area contributed by atoms with Gasteiger partial charge in [0.2, 0.25) is 5.91 Å². The Morgan fingerprint density at radius 1 is 1.21 bits per heavy atom. The Balaban J connectivity index is 0.00000288. The molecule has 24 heavy (non-hydrogen) atoms. The van der Waals surface area contributed by atoms with E-state index in [1.54, 1.807) is 0 Å². The van der Waals surface area contributed by atoms with Crippen LogP contribution in [0.2, 0.25) is 0 Å². The van der Waals surface area contributed by atoms with Crippen LogP contribution in [0.15, 0.2) is 51.4 Å². The fourth-order valence-electron chi connectivity index (χ4n) is 2.24. The first-order chi connectivity index (χ1) is 11.0. The van der Waals surface area contributed by atoms with Gasteiger partial charge >= 0.3 is 0 Å². The standard InChI is InChI=1S/C17H18Br2N2O2.ClH/c1-2-23-16-13(18)8-11(9-14(16)19)10-21-15(17(20)22)12-6-4-3-5-7-12;/h3-9,15,21H,2,10H2,1H3,(H2,20,22);1H. The van der Waals surface area contributed by atoms with Crippen molar-refractivity contribution in [1.29, 1.82) is 0 Å². The van der Waals surface area contributed by atoms with Crippen molar-refractivity contribution in [3.05, 3.63) is 62.5 Å². The number of amides is 1. The van der Waals surface area contributed by atoms with E-state index < -0.39 is 11.9 Å². The van der Waals surface area contributed by atoms with Crippen molar-refractivity contribution < 1.29 is 9.53 Å². The molecule has 3 N–H and O–H groups in total. The average Bonchev–Trinajstić information content (AvgIpc) is 2.52. The molecule has 2 rings (SSSR count). The highest BCUT2D eigenvalue weighted by atomic mass is 79.9. The highest BCUT2D eigenvalue weighted by Gasteiger charge is 2.17. The minimum Gasteiger partial charge on any atom is -0.492 e. The number of carbonyl (C=O) groups is 1. The molecule has 1 amide bonds. The van der Waals surface area contributed by atoms with Crippen LogP contribution in [0.25, 0.3) is 0 Å². The van der Waals surface area contributed by atoms with Gasteiger partial charge in [-0.1, -0.05) is 30.3 Å². The number of hydrogen-bond donors (Lipinski definition) is 2. The Bertz CT molecular complexity index is 661. The molecule has 4 nitrogen and oxygen atoms in total. The van der Waals surface area contributed by atoms with E-state index in [0.29, 0.717) is 13.2 Å². The first-order valence-corrected chi connectivity index (χ1v) is 8.80. The molecule has 130 valence electrons. The van der Waals surface area contributed by atoms with Crippen LogP contribution < -0.4 is 15.8 Å². The SMILES string of the molecule is CCOc1c(Br)cc(CNC(C(N)=O)c2ccccc2)cc1Br.Cl. The zero-order chi connectivity index (χ0) is 16.8. The molecule has 1 atom stereocenters. The molecule has 0 aliphatic carbocycles. The van der Waals surface area contributed by atoms with E-state index >= 15 is 0 Å².